The fraction of sp³-hybridized carbons (Fsp3) is 0.615. The average Bonchev–Trinajstić information content (AvgIpc) is 2.54. The first-order valence-corrected chi connectivity index (χ1v) is 7.90. The first-order valence-electron chi connectivity index (χ1n) is 7.53. The van der Waals surface area contributed by atoms with Crippen LogP contribution in [-0.4, -0.2) is 53.7 Å². The van der Waals surface area contributed by atoms with Gasteiger partial charge in [-0.1, -0.05) is 16.7 Å². The van der Waals surface area contributed by atoms with Crippen LogP contribution in [0.5, 0.6) is 0 Å². The van der Waals surface area contributed by atoms with Crippen LogP contribution in [0.25, 0.3) is 10.4 Å². The van der Waals surface area contributed by atoms with Gasteiger partial charge in [-0.15, -0.1) is 0 Å². The lowest BCUT2D eigenvalue weighted by Crippen LogP contribution is -2.68. The largest absolute Gasteiger partial charge is 0.355 e. The first kappa shape index (κ1) is 16.1. The van der Waals surface area contributed by atoms with Gasteiger partial charge in [0.15, 0.2) is 0 Å². The van der Waals surface area contributed by atoms with E-state index >= 15 is 0 Å². The van der Waals surface area contributed by atoms with E-state index in [0.29, 0.717) is 5.16 Å². The summed E-state index contributed by atoms with van der Waals surface area (Å²) < 4.78 is 0. The molecule has 3 rings (SSSR count). The maximum atomic E-state index is 12.5. The maximum Gasteiger partial charge on any atom is 0.241 e. The van der Waals surface area contributed by atoms with E-state index in [4.69, 9.17) is 23.0 Å². The number of carbonyl (C=O) groups excluding carboxylic acids is 1. The molecule has 2 atom stereocenters. The zero-order valence-electron chi connectivity index (χ0n) is 12.5. The highest BCUT2D eigenvalue weighted by atomic mass is 35.5. The molecule has 23 heavy (non-hydrogen) atoms. The van der Waals surface area contributed by atoms with Crippen LogP contribution in [-0.2, 0) is 4.79 Å². The average molecular weight is 339 g/mol. The van der Waals surface area contributed by atoms with Crippen LogP contribution in [0.2, 0.25) is 0 Å². The molecule has 10 heteroatoms. The normalized spacial score (nSPS) is 29.6. The number of azide groups is 1. The quantitative estimate of drug-likeness (QED) is 0.225. The van der Waals surface area contributed by atoms with Crippen molar-refractivity contribution >= 4 is 17.5 Å². The van der Waals surface area contributed by atoms with E-state index in [1.165, 1.54) is 0 Å². The number of nitrogens with one attached hydrogen (secondary N) is 2. The predicted octanol–water partition coefficient (Wildman–Crippen LogP) is 0.329. The van der Waals surface area contributed by atoms with Crippen LogP contribution in [0, 0.1) is 0 Å². The van der Waals surface area contributed by atoms with Gasteiger partial charge >= 0.3 is 0 Å². The molecular formula is C13H19ClN8O. The van der Waals surface area contributed by atoms with Crippen molar-refractivity contribution in [1.82, 2.24) is 20.5 Å². The van der Waals surface area contributed by atoms with Crippen LogP contribution in [0.3, 0.4) is 0 Å². The molecule has 2 fully saturated rings. The van der Waals surface area contributed by atoms with Crippen molar-refractivity contribution in [3.63, 3.8) is 0 Å². The molecule has 3 aliphatic heterocycles. The van der Waals surface area contributed by atoms with E-state index in [9.17, 15) is 4.79 Å². The molecule has 1 amide bonds. The number of allylic oxidation sites excluding steroid dienone is 2. The molecule has 2 saturated heterocycles. The number of rotatable bonds is 3. The molecule has 3 heterocycles. The fourth-order valence-corrected chi connectivity index (χ4v) is 3.50. The molecule has 0 aromatic carbocycles. The van der Waals surface area contributed by atoms with Crippen molar-refractivity contribution in [3.05, 3.63) is 33.4 Å². The highest BCUT2D eigenvalue weighted by molar-refractivity contribution is 6.29. The predicted molar refractivity (Wildman–Crippen MR) is 85.5 cm³/mol. The number of piperidine rings is 1. The highest BCUT2D eigenvalue weighted by Crippen LogP contribution is 2.28. The van der Waals surface area contributed by atoms with E-state index in [-0.39, 0.29) is 24.7 Å². The fourth-order valence-electron chi connectivity index (χ4n) is 3.34. The summed E-state index contributed by atoms with van der Waals surface area (Å²) in [5.41, 5.74) is 9.37. The number of halogens is 1. The minimum Gasteiger partial charge on any atom is -0.355 e. The van der Waals surface area contributed by atoms with Crippen LogP contribution in [0.1, 0.15) is 12.8 Å². The molecule has 4 N–H and O–H groups in total. The van der Waals surface area contributed by atoms with Crippen molar-refractivity contribution in [2.24, 2.45) is 11.0 Å². The Balaban J connectivity index is 1.89. The Morgan fingerprint density at radius 3 is 2.87 bits per heavy atom. The number of fused-ring (bicyclic) bond motifs is 1. The Morgan fingerprint density at radius 2 is 2.17 bits per heavy atom. The maximum absolute atomic E-state index is 12.5. The second kappa shape index (κ2) is 6.77. The number of hydrazine groups is 1. The second-order valence-electron chi connectivity index (χ2n) is 5.82. The van der Waals surface area contributed by atoms with Crippen LogP contribution in [0.4, 0.5) is 0 Å². The summed E-state index contributed by atoms with van der Waals surface area (Å²) >= 11 is 6.11. The summed E-state index contributed by atoms with van der Waals surface area (Å²) in [4.78, 5) is 17.3. The van der Waals surface area contributed by atoms with E-state index in [0.717, 1.165) is 31.6 Å². The Morgan fingerprint density at radius 1 is 1.43 bits per heavy atom. The molecular weight excluding hydrogens is 320 g/mol. The molecule has 0 aromatic heterocycles. The molecule has 1 unspecified atom stereocenters. The van der Waals surface area contributed by atoms with Gasteiger partial charge in [-0.2, -0.15) is 0 Å². The van der Waals surface area contributed by atoms with Crippen LogP contribution >= 0.6 is 11.6 Å². The zero-order chi connectivity index (χ0) is 16.4. The molecule has 0 bridgehead atoms. The topological polar surface area (TPSA) is 122 Å². The van der Waals surface area contributed by atoms with E-state index < -0.39 is 6.04 Å². The van der Waals surface area contributed by atoms with Gasteiger partial charge in [-0.25, -0.2) is 5.01 Å². The molecule has 0 aliphatic carbocycles. The van der Waals surface area contributed by atoms with Crippen molar-refractivity contribution in [2.75, 3.05) is 19.6 Å². The molecule has 0 spiro atoms. The van der Waals surface area contributed by atoms with Gasteiger partial charge in [-0.05, 0) is 30.5 Å². The number of hydrogen-bond donors (Lipinski definition) is 3. The number of amides is 1. The Hall–Kier alpha value is -1.77. The Bertz CT molecular complexity index is 587. The lowest BCUT2D eigenvalue weighted by molar-refractivity contribution is -0.131. The summed E-state index contributed by atoms with van der Waals surface area (Å²) in [6.07, 6.45) is 4.95. The van der Waals surface area contributed by atoms with Crippen molar-refractivity contribution in [1.29, 1.82) is 0 Å². The molecule has 0 aromatic rings. The number of dihydropyridines is 1. The minimum atomic E-state index is -0.530. The summed E-state index contributed by atoms with van der Waals surface area (Å²) in [5, 5.41) is 12.0. The lowest BCUT2D eigenvalue weighted by Gasteiger charge is -2.49. The number of carbonyl (C=O) groups is 1. The number of nitrogens with two attached hydrogens (primary N) is 1. The third-order valence-corrected chi connectivity index (χ3v) is 4.68. The smallest absolute Gasteiger partial charge is 0.241 e. The van der Waals surface area contributed by atoms with Gasteiger partial charge in [-0.3, -0.25) is 15.5 Å². The minimum absolute atomic E-state index is 0.0813. The third kappa shape index (κ3) is 3.29. The molecule has 124 valence electrons. The zero-order valence-corrected chi connectivity index (χ0v) is 13.3. The molecule has 0 radical (unpaired) electrons. The monoisotopic (exact) mass is 338 g/mol. The number of hydrogen-bond acceptors (Lipinski definition) is 6. The van der Waals surface area contributed by atoms with Crippen LogP contribution < -0.4 is 16.5 Å². The standard InChI is InChI=1S/C13H19ClN8O/c14-11-2-1-9-12(19-11)22(8-3-5-21(16)6-4-8)10(7-17-20-15)13(23)18-9/h1-2,8,10,12,19H,3-7,16H2,(H,18,23)/t10-,12?/m1/s1. The van der Waals surface area contributed by atoms with Gasteiger partial charge in [0.1, 0.15) is 11.3 Å². The second-order valence-corrected chi connectivity index (χ2v) is 6.22. The van der Waals surface area contributed by atoms with Gasteiger partial charge in [0, 0.05) is 24.0 Å². The number of nitrogens with zero attached hydrogens (tertiary/aromatic N) is 5. The summed E-state index contributed by atoms with van der Waals surface area (Å²) in [5.74, 6) is 5.67. The SMILES string of the molecule is [N-]=[N+]=NC[C@@H]1C(=O)NC2=CC=C(Cl)NC2N1C1CCN(N)CC1. The molecule has 3 aliphatic rings. The lowest BCUT2D eigenvalue weighted by atomic mass is 9.97. The first-order chi connectivity index (χ1) is 11.1. The van der Waals surface area contributed by atoms with Crippen molar-refractivity contribution < 1.29 is 4.79 Å². The number of piperazine rings is 1. The third-order valence-electron chi connectivity index (χ3n) is 4.45. The Kier molecular flexibility index (Phi) is 4.74. The Labute approximate surface area is 138 Å². The molecule has 9 nitrogen and oxygen atoms in total. The van der Waals surface area contributed by atoms with Gasteiger partial charge in [0.05, 0.1) is 18.3 Å². The summed E-state index contributed by atoms with van der Waals surface area (Å²) in [7, 11) is 0. The van der Waals surface area contributed by atoms with E-state index in [2.05, 4.69) is 25.6 Å². The van der Waals surface area contributed by atoms with Gasteiger partial charge < -0.3 is 10.6 Å². The van der Waals surface area contributed by atoms with E-state index in [1.807, 2.05) is 0 Å². The molecule has 0 saturated carbocycles. The van der Waals surface area contributed by atoms with Crippen LogP contribution in [0.15, 0.2) is 28.1 Å². The van der Waals surface area contributed by atoms with Crippen molar-refractivity contribution in [2.45, 2.75) is 31.1 Å². The summed E-state index contributed by atoms with van der Waals surface area (Å²) in [6, 6.07) is -0.374. The van der Waals surface area contributed by atoms with Gasteiger partial charge in [0.25, 0.3) is 0 Å². The summed E-state index contributed by atoms with van der Waals surface area (Å²) in [6.45, 7) is 1.59. The van der Waals surface area contributed by atoms with Crippen molar-refractivity contribution in [3.8, 4) is 0 Å². The van der Waals surface area contributed by atoms with E-state index in [1.54, 1.807) is 17.2 Å². The van der Waals surface area contributed by atoms with Gasteiger partial charge in [0.2, 0.25) is 5.91 Å². The highest BCUT2D eigenvalue weighted by Gasteiger charge is 2.43.